The molecule has 1 aliphatic rings. The zero-order valence-corrected chi connectivity index (χ0v) is 16.6. The van der Waals surface area contributed by atoms with Gasteiger partial charge in [-0.2, -0.15) is 0 Å². The van der Waals surface area contributed by atoms with E-state index in [4.69, 9.17) is 16.6 Å². The molecule has 0 radical (unpaired) electrons. The summed E-state index contributed by atoms with van der Waals surface area (Å²) in [6.45, 7) is 6.20. The van der Waals surface area contributed by atoms with Gasteiger partial charge in [0.25, 0.3) is 0 Å². The van der Waals surface area contributed by atoms with Crippen molar-refractivity contribution in [3.05, 3.63) is 46.6 Å². The summed E-state index contributed by atoms with van der Waals surface area (Å²) in [5, 5.41) is 2.76. The topological polar surface area (TPSA) is 37.6 Å². The van der Waals surface area contributed by atoms with Gasteiger partial charge in [0.1, 0.15) is 0 Å². The first-order valence-electron chi connectivity index (χ1n) is 8.99. The van der Waals surface area contributed by atoms with Gasteiger partial charge < -0.3 is 4.90 Å². The van der Waals surface area contributed by atoms with E-state index in [1.807, 2.05) is 45.1 Å². The zero-order chi connectivity index (χ0) is 18.3. The lowest BCUT2D eigenvalue weighted by Crippen LogP contribution is -2.43. The van der Waals surface area contributed by atoms with Crippen LogP contribution in [0.3, 0.4) is 0 Å². The van der Waals surface area contributed by atoms with E-state index in [9.17, 15) is 4.79 Å². The van der Waals surface area contributed by atoms with Gasteiger partial charge in [-0.05, 0) is 30.4 Å². The highest BCUT2D eigenvalue weighted by Gasteiger charge is 2.26. The molecule has 0 bridgehead atoms. The Labute approximate surface area is 162 Å². The number of likely N-dealkylation sites (tertiary alicyclic amines) is 1. The predicted octanol–water partition coefficient (Wildman–Crippen LogP) is 4.76. The third-order valence-corrected chi connectivity index (χ3v) is 6.12. The number of fused-ring (bicyclic) bond motifs is 1. The Morgan fingerprint density at radius 3 is 2.62 bits per heavy atom. The molecule has 1 amide bonds. The first kappa shape index (κ1) is 17.6. The van der Waals surface area contributed by atoms with Gasteiger partial charge >= 0.3 is 0 Å². The summed E-state index contributed by atoms with van der Waals surface area (Å²) in [4.78, 5) is 20.4. The van der Waals surface area contributed by atoms with E-state index in [1.165, 1.54) is 6.42 Å². The fraction of sp³-hybridized carbons (Fsp3) is 0.400. The molecule has 0 aliphatic carbocycles. The van der Waals surface area contributed by atoms with E-state index in [0.29, 0.717) is 23.3 Å². The Balaban J connectivity index is 1.55. The van der Waals surface area contributed by atoms with Crippen molar-refractivity contribution in [2.24, 2.45) is 11.8 Å². The van der Waals surface area contributed by atoms with E-state index >= 15 is 0 Å². The number of rotatable bonds is 3. The molecule has 2 atom stereocenters. The SMILES string of the molecule is CC1CC(C)CN(C(=O)Cc2csc3nc(-c4ccc(Cl)cc4)cn23)C1. The van der Waals surface area contributed by atoms with Crippen molar-refractivity contribution >= 4 is 33.8 Å². The normalized spacial score (nSPS) is 20.7. The molecule has 3 heterocycles. The number of hydrogen-bond acceptors (Lipinski definition) is 3. The lowest BCUT2D eigenvalue weighted by Gasteiger charge is -2.35. The van der Waals surface area contributed by atoms with Crippen molar-refractivity contribution in [2.45, 2.75) is 26.7 Å². The molecule has 6 heteroatoms. The lowest BCUT2D eigenvalue weighted by atomic mass is 9.91. The molecule has 2 aromatic heterocycles. The van der Waals surface area contributed by atoms with Crippen molar-refractivity contribution in [2.75, 3.05) is 13.1 Å². The smallest absolute Gasteiger partial charge is 0.228 e. The molecule has 1 fully saturated rings. The van der Waals surface area contributed by atoms with Crippen LogP contribution in [0.25, 0.3) is 16.2 Å². The van der Waals surface area contributed by atoms with Crippen molar-refractivity contribution in [3.63, 3.8) is 0 Å². The number of aromatic nitrogens is 2. The van der Waals surface area contributed by atoms with Crippen molar-refractivity contribution in [3.8, 4) is 11.3 Å². The Morgan fingerprint density at radius 2 is 1.92 bits per heavy atom. The van der Waals surface area contributed by atoms with Crippen molar-refractivity contribution < 1.29 is 4.79 Å². The first-order valence-corrected chi connectivity index (χ1v) is 10.2. The summed E-state index contributed by atoms with van der Waals surface area (Å²) in [5.41, 5.74) is 2.94. The number of hydrogen-bond donors (Lipinski definition) is 0. The molecule has 0 N–H and O–H groups in total. The van der Waals surface area contributed by atoms with Crippen LogP contribution in [0.1, 0.15) is 26.0 Å². The summed E-state index contributed by atoms with van der Waals surface area (Å²) < 4.78 is 2.04. The number of thiazole rings is 1. The summed E-state index contributed by atoms with van der Waals surface area (Å²) in [7, 11) is 0. The molecule has 1 aliphatic heterocycles. The number of imidazole rings is 1. The van der Waals surface area contributed by atoms with Crippen LogP contribution < -0.4 is 0 Å². The van der Waals surface area contributed by atoms with Crippen LogP contribution in [-0.4, -0.2) is 33.3 Å². The predicted molar refractivity (Wildman–Crippen MR) is 107 cm³/mol. The van der Waals surface area contributed by atoms with Crippen molar-refractivity contribution in [1.29, 1.82) is 0 Å². The second-order valence-corrected chi connectivity index (χ2v) is 8.71. The average molecular weight is 388 g/mol. The Hall–Kier alpha value is -1.85. The molecule has 0 spiro atoms. The Kier molecular flexibility index (Phi) is 4.76. The van der Waals surface area contributed by atoms with Crippen LogP contribution >= 0.6 is 22.9 Å². The molecule has 26 heavy (non-hydrogen) atoms. The maximum atomic E-state index is 12.8. The number of carbonyl (C=O) groups excluding carboxylic acids is 1. The number of benzene rings is 1. The lowest BCUT2D eigenvalue weighted by molar-refractivity contribution is -0.133. The fourth-order valence-electron chi connectivity index (χ4n) is 3.85. The van der Waals surface area contributed by atoms with Crippen LogP contribution in [0.5, 0.6) is 0 Å². The second-order valence-electron chi connectivity index (χ2n) is 7.43. The van der Waals surface area contributed by atoms with Gasteiger partial charge in [0.05, 0.1) is 12.1 Å². The van der Waals surface area contributed by atoms with Crippen LogP contribution in [0.15, 0.2) is 35.8 Å². The fourth-order valence-corrected chi connectivity index (χ4v) is 4.85. The summed E-state index contributed by atoms with van der Waals surface area (Å²) in [6, 6.07) is 7.67. The van der Waals surface area contributed by atoms with E-state index in [1.54, 1.807) is 11.3 Å². The quantitative estimate of drug-likeness (QED) is 0.649. The van der Waals surface area contributed by atoms with Crippen LogP contribution in [0.2, 0.25) is 5.02 Å². The molecule has 0 saturated carbocycles. The van der Waals surface area contributed by atoms with Crippen LogP contribution in [0, 0.1) is 11.8 Å². The van der Waals surface area contributed by atoms with Crippen LogP contribution in [0.4, 0.5) is 0 Å². The highest BCUT2D eigenvalue weighted by molar-refractivity contribution is 7.15. The molecule has 1 saturated heterocycles. The third kappa shape index (κ3) is 3.51. The highest BCUT2D eigenvalue weighted by atomic mass is 35.5. The number of halogens is 1. The van der Waals surface area contributed by atoms with Gasteiger partial charge in [-0.3, -0.25) is 9.20 Å². The monoisotopic (exact) mass is 387 g/mol. The van der Waals surface area contributed by atoms with Gasteiger partial charge in [0, 0.05) is 40.9 Å². The molecule has 1 aromatic carbocycles. The molecular weight excluding hydrogens is 366 g/mol. The zero-order valence-electron chi connectivity index (χ0n) is 15.0. The van der Waals surface area contributed by atoms with Gasteiger partial charge in [-0.15, -0.1) is 11.3 Å². The van der Waals surface area contributed by atoms with Gasteiger partial charge in [-0.25, -0.2) is 4.98 Å². The standard InChI is InChI=1S/C20H22ClN3OS/c1-13-7-14(2)10-23(9-13)19(25)8-17-12-26-20-22-18(11-24(17)20)15-3-5-16(21)6-4-15/h3-6,11-14H,7-10H2,1-2H3. The van der Waals surface area contributed by atoms with Crippen molar-refractivity contribution in [1.82, 2.24) is 14.3 Å². The van der Waals surface area contributed by atoms with E-state index in [-0.39, 0.29) is 5.91 Å². The van der Waals surface area contributed by atoms with E-state index in [2.05, 4.69) is 13.8 Å². The Bertz CT molecular complexity index is 920. The summed E-state index contributed by atoms with van der Waals surface area (Å²) in [6.07, 6.45) is 3.65. The minimum atomic E-state index is 0.213. The molecule has 4 nitrogen and oxygen atoms in total. The first-order chi connectivity index (χ1) is 12.5. The number of nitrogens with zero attached hydrogens (tertiary/aromatic N) is 3. The van der Waals surface area contributed by atoms with Gasteiger partial charge in [-0.1, -0.05) is 37.6 Å². The van der Waals surface area contributed by atoms with E-state index < -0.39 is 0 Å². The third-order valence-electron chi connectivity index (χ3n) is 4.98. The maximum Gasteiger partial charge on any atom is 0.228 e. The molecule has 3 aromatic rings. The molecule has 136 valence electrons. The Morgan fingerprint density at radius 1 is 1.23 bits per heavy atom. The number of amides is 1. The maximum absolute atomic E-state index is 12.8. The molecule has 2 unspecified atom stereocenters. The summed E-state index contributed by atoms with van der Waals surface area (Å²) in [5.74, 6) is 1.37. The number of carbonyl (C=O) groups is 1. The minimum Gasteiger partial charge on any atom is -0.342 e. The minimum absolute atomic E-state index is 0.213. The highest BCUT2D eigenvalue weighted by Crippen LogP contribution is 2.26. The summed E-state index contributed by atoms with van der Waals surface area (Å²) >= 11 is 7.55. The van der Waals surface area contributed by atoms with Gasteiger partial charge in [0.15, 0.2) is 4.96 Å². The molecular formula is C20H22ClN3OS. The second kappa shape index (κ2) is 7.05. The van der Waals surface area contributed by atoms with Crippen LogP contribution in [-0.2, 0) is 11.2 Å². The largest absolute Gasteiger partial charge is 0.342 e. The van der Waals surface area contributed by atoms with E-state index in [0.717, 1.165) is 35.0 Å². The molecule has 4 rings (SSSR count). The van der Waals surface area contributed by atoms with Gasteiger partial charge in [0.2, 0.25) is 5.91 Å². The average Bonchev–Trinajstić information content (AvgIpc) is 3.16. The number of piperidine rings is 1.